The lowest BCUT2D eigenvalue weighted by Gasteiger charge is -2.34. The number of rotatable bonds is 7. The molecule has 1 N–H and O–H groups in total. The Morgan fingerprint density at radius 1 is 1.19 bits per heavy atom. The van der Waals surface area contributed by atoms with Crippen LogP contribution in [0.4, 0.5) is 0 Å². The summed E-state index contributed by atoms with van der Waals surface area (Å²) < 4.78 is 16.4. The van der Waals surface area contributed by atoms with Crippen molar-refractivity contribution in [3.63, 3.8) is 0 Å². The molecule has 2 rings (SSSR count). The SMILES string of the molecule is CCNC(=NCc1c(OC)cc(OC)cc1OC)N1CCSC(CC)C1.I. The molecular weight excluding hydrogens is 477 g/mol. The van der Waals surface area contributed by atoms with Gasteiger partial charge in [0.05, 0.1) is 33.4 Å². The summed E-state index contributed by atoms with van der Waals surface area (Å²) in [5.74, 6) is 4.24. The van der Waals surface area contributed by atoms with Crippen molar-refractivity contribution in [2.45, 2.75) is 32.1 Å². The Balaban J connectivity index is 0.00000364. The van der Waals surface area contributed by atoms with Crippen LogP contribution in [-0.2, 0) is 6.54 Å². The van der Waals surface area contributed by atoms with Crippen LogP contribution in [0.3, 0.4) is 0 Å². The molecule has 1 aromatic rings. The molecule has 1 aromatic carbocycles. The quantitative estimate of drug-likeness (QED) is 0.344. The maximum absolute atomic E-state index is 5.54. The number of nitrogens with zero attached hydrogens (tertiary/aromatic N) is 2. The summed E-state index contributed by atoms with van der Waals surface area (Å²) in [6.45, 7) is 7.72. The van der Waals surface area contributed by atoms with Gasteiger partial charge in [0.1, 0.15) is 17.2 Å². The topological polar surface area (TPSA) is 55.3 Å². The molecule has 1 heterocycles. The molecule has 27 heavy (non-hydrogen) atoms. The summed E-state index contributed by atoms with van der Waals surface area (Å²) >= 11 is 2.05. The van der Waals surface area contributed by atoms with Crippen LogP contribution < -0.4 is 19.5 Å². The zero-order valence-electron chi connectivity index (χ0n) is 16.9. The third kappa shape index (κ3) is 6.51. The van der Waals surface area contributed by atoms with Crippen LogP contribution in [-0.4, -0.2) is 62.8 Å². The largest absolute Gasteiger partial charge is 0.496 e. The van der Waals surface area contributed by atoms with Gasteiger partial charge >= 0.3 is 0 Å². The lowest BCUT2D eigenvalue weighted by atomic mass is 10.1. The maximum atomic E-state index is 5.54. The fourth-order valence-corrected chi connectivity index (χ4v) is 4.15. The summed E-state index contributed by atoms with van der Waals surface area (Å²) in [5.41, 5.74) is 0.921. The van der Waals surface area contributed by atoms with Crippen molar-refractivity contribution in [3.8, 4) is 17.2 Å². The van der Waals surface area contributed by atoms with Gasteiger partial charge in [-0.05, 0) is 13.3 Å². The minimum Gasteiger partial charge on any atom is -0.496 e. The van der Waals surface area contributed by atoms with Crippen LogP contribution in [0.15, 0.2) is 17.1 Å². The van der Waals surface area contributed by atoms with Gasteiger partial charge in [-0.15, -0.1) is 24.0 Å². The molecule has 0 aromatic heterocycles. The van der Waals surface area contributed by atoms with Crippen LogP contribution in [0.25, 0.3) is 0 Å². The fraction of sp³-hybridized carbons (Fsp3) is 0.632. The first-order valence-electron chi connectivity index (χ1n) is 9.10. The molecule has 154 valence electrons. The number of aliphatic imine (C=N–C) groups is 1. The zero-order valence-corrected chi connectivity index (χ0v) is 20.1. The van der Waals surface area contributed by atoms with Crippen molar-refractivity contribution >= 4 is 41.7 Å². The van der Waals surface area contributed by atoms with E-state index >= 15 is 0 Å². The molecule has 1 saturated heterocycles. The van der Waals surface area contributed by atoms with Crippen molar-refractivity contribution in [2.24, 2.45) is 4.99 Å². The van der Waals surface area contributed by atoms with Gasteiger partial charge in [-0.1, -0.05) is 6.92 Å². The smallest absolute Gasteiger partial charge is 0.194 e. The third-order valence-corrected chi connectivity index (χ3v) is 5.80. The zero-order chi connectivity index (χ0) is 18.9. The summed E-state index contributed by atoms with van der Waals surface area (Å²) in [6, 6.07) is 3.73. The highest BCUT2D eigenvalue weighted by molar-refractivity contribution is 14.0. The average Bonchev–Trinajstić information content (AvgIpc) is 2.70. The Bertz CT molecular complexity index is 591. The molecule has 1 aliphatic rings. The third-order valence-electron chi connectivity index (χ3n) is 4.43. The number of benzene rings is 1. The van der Waals surface area contributed by atoms with E-state index in [4.69, 9.17) is 19.2 Å². The standard InChI is InChI=1S/C19H31N3O3S.HI/c1-6-15-13-22(8-9-26-15)19(20-7-2)21-12-16-17(24-4)10-14(23-3)11-18(16)25-5;/h10-11,15H,6-9,12-13H2,1-5H3,(H,20,21);1H. The van der Waals surface area contributed by atoms with Crippen molar-refractivity contribution in [1.29, 1.82) is 0 Å². The van der Waals surface area contributed by atoms with E-state index < -0.39 is 0 Å². The maximum Gasteiger partial charge on any atom is 0.194 e. The molecular formula is C19H32IN3O3S. The van der Waals surface area contributed by atoms with E-state index in [9.17, 15) is 0 Å². The Morgan fingerprint density at radius 3 is 2.37 bits per heavy atom. The molecule has 0 amide bonds. The van der Waals surface area contributed by atoms with E-state index in [0.29, 0.717) is 17.5 Å². The molecule has 8 heteroatoms. The Morgan fingerprint density at radius 2 is 1.85 bits per heavy atom. The van der Waals surface area contributed by atoms with Gasteiger partial charge in [-0.3, -0.25) is 0 Å². The minimum atomic E-state index is 0. The highest BCUT2D eigenvalue weighted by atomic mass is 127. The number of thioether (sulfide) groups is 1. The van der Waals surface area contributed by atoms with E-state index in [2.05, 4.69) is 35.8 Å². The number of hydrogen-bond acceptors (Lipinski definition) is 5. The summed E-state index contributed by atoms with van der Waals surface area (Å²) in [7, 11) is 4.94. The van der Waals surface area contributed by atoms with Gasteiger partial charge in [0, 0.05) is 42.8 Å². The van der Waals surface area contributed by atoms with Crippen LogP contribution in [0.5, 0.6) is 17.2 Å². The molecule has 0 bridgehead atoms. The molecule has 1 unspecified atom stereocenters. The summed E-state index contributed by atoms with van der Waals surface area (Å²) in [6.07, 6.45) is 1.18. The number of hydrogen-bond donors (Lipinski definition) is 1. The number of guanidine groups is 1. The van der Waals surface area contributed by atoms with Gasteiger partial charge in [0.15, 0.2) is 5.96 Å². The minimum absolute atomic E-state index is 0. The molecule has 0 aliphatic carbocycles. The first kappa shape index (κ1) is 24.0. The van der Waals surface area contributed by atoms with E-state index in [0.717, 1.165) is 48.4 Å². The van der Waals surface area contributed by atoms with E-state index in [1.54, 1.807) is 21.3 Å². The van der Waals surface area contributed by atoms with Crippen LogP contribution in [0.2, 0.25) is 0 Å². The second kappa shape index (κ2) is 12.4. The lowest BCUT2D eigenvalue weighted by Crippen LogP contribution is -2.48. The second-order valence-electron chi connectivity index (χ2n) is 6.03. The van der Waals surface area contributed by atoms with Crippen LogP contribution in [0.1, 0.15) is 25.8 Å². The number of halogens is 1. The Kier molecular flexibility index (Phi) is 11.1. The molecule has 1 fully saturated rings. The van der Waals surface area contributed by atoms with E-state index in [-0.39, 0.29) is 24.0 Å². The summed E-state index contributed by atoms with van der Waals surface area (Å²) in [4.78, 5) is 7.23. The predicted molar refractivity (Wildman–Crippen MR) is 124 cm³/mol. The van der Waals surface area contributed by atoms with Gasteiger partial charge in [0.2, 0.25) is 0 Å². The highest BCUT2D eigenvalue weighted by Crippen LogP contribution is 2.34. The van der Waals surface area contributed by atoms with Crippen molar-refractivity contribution < 1.29 is 14.2 Å². The van der Waals surface area contributed by atoms with Crippen molar-refractivity contribution in [1.82, 2.24) is 10.2 Å². The van der Waals surface area contributed by atoms with Crippen LogP contribution >= 0.6 is 35.7 Å². The first-order valence-corrected chi connectivity index (χ1v) is 10.1. The first-order chi connectivity index (χ1) is 12.7. The molecule has 1 aliphatic heterocycles. The molecule has 0 radical (unpaired) electrons. The second-order valence-corrected chi connectivity index (χ2v) is 7.44. The van der Waals surface area contributed by atoms with Gasteiger partial charge < -0.3 is 24.4 Å². The predicted octanol–water partition coefficient (Wildman–Crippen LogP) is 3.62. The van der Waals surface area contributed by atoms with Gasteiger partial charge in [-0.25, -0.2) is 4.99 Å². The van der Waals surface area contributed by atoms with Crippen LogP contribution in [0, 0.1) is 0 Å². The average molecular weight is 509 g/mol. The number of methoxy groups -OCH3 is 3. The molecule has 0 spiro atoms. The van der Waals surface area contributed by atoms with Crippen molar-refractivity contribution in [2.75, 3.05) is 46.7 Å². The van der Waals surface area contributed by atoms with E-state index in [1.807, 2.05) is 12.1 Å². The highest BCUT2D eigenvalue weighted by Gasteiger charge is 2.22. The Labute approximate surface area is 184 Å². The number of nitrogens with one attached hydrogen (secondary N) is 1. The summed E-state index contributed by atoms with van der Waals surface area (Å²) in [5, 5.41) is 4.09. The van der Waals surface area contributed by atoms with E-state index in [1.165, 1.54) is 6.42 Å². The normalized spacial score (nSPS) is 17.1. The molecule has 6 nitrogen and oxygen atoms in total. The lowest BCUT2D eigenvalue weighted by molar-refractivity contribution is 0.368. The Hall–Kier alpha value is -1.03. The van der Waals surface area contributed by atoms with Gasteiger partial charge in [0.25, 0.3) is 0 Å². The van der Waals surface area contributed by atoms with Gasteiger partial charge in [-0.2, -0.15) is 11.8 Å². The fourth-order valence-electron chi connectivity index (χ4n) is 2.97. The number of ether oxygens (including phenoxy) is 3. The van der Waals surface area contributed by atoms with Crippen molar-refractivity contribution in [3.05, 3.63) is 17.7 Å². The molecule has 1 atom stereocenters. The molecule has 0 saturated carbocycles. The monoisotopic (exact) mass is 509 g/mol.